The average molecular weight is 290 g/mol. The molecule has 0 aliphatic carbocycles. The Morgan fingerprint density at radius 2 is 2.10 bits per heavy atom. The summed E-state index contributed by atoms with van der Waals surface area (Å²) in [5, 5.41) is 0.924. The number of hydrogen-bond donors (Lipinski definition) is 1. The molecule has 0 spiro atoms. The first-order chi connectivity index (χ1) is 9.38. The molecule has 0 aliphatic heterocycles. The molecule has 2 aromatic rings. The average Bonchev–Trinajstić information content (AvgIpc) is 2.77. The SMILES string of the molecule is Cc1ccc2oc(C(=O)N(CC(N)=S)C(C)C)cc2c1. The number of rotatable bonds is 4. The Hall–Kier alpha value is -1.88. The number of nitrogens with two attached hydrogens (primary N) is 1. The molecule has 4 nitrogen and oxygen atoms in total. The summed E-state index contributed by atoms with van der Waals surface area (Å²) in [4.78, 5) is 14.4. The van der Waals surface area contributed by atoms with E-state index < -0.39 is 0 Å². The number of carbonyl (C=O) groups excluding carboxylic acids is 1. The van der Waals surface area contributed by atoms with Crippen LogP contribution in [0, 0.1) is 6.92 Å². The van der Waals surface area contributed by atoms with E-state index >= 15 is 0 Å². The molecule has 0 saturated carbocycles. The Kier molecular flexibility index (Phi) is 4.09. The third-order valence-electron chi connectivity index (χ3n) is 3.09. The predicted molar refractivity (Wildman–Crippen MR) is 83.9 cm³/mol. The minimum Gasteiger partial charge on any atom is -0.451 e. The summed E-state index contributed by atoms with van der Waals surface area (Å²) in [6, 6.07) is 7.57. The maximum atomic E-state index is 12.5. The fraction of sp³-hybridized carbons (Fsp3) is 0.333. The van der Waals surface area contributed by atoms with Crippen LogP contribution >= 0.6 is 12.2 Å². The molecule has 2 rings (SSSR count). The maximum Gasteiger partial charge on any atom is 0.290 e. The maximum absolute atomic E-state index is 12.5. The minimum atomic E-state index is -0.193. The lowest BCUT2D eigenvalue weighted by Gasteiger charge is -2.25. The molecule has 0 bridgehead atoms. The van der Waals surface area contributed by atoms with Crippen LogP contribution in [0.4, 0.5) is 0 Å². The van der Waals surface area contributed by atoms with E-state index in [9.17, 15) is 4.79 Å². The number of furan rings is 1. The smallest absolute Gasteiger partial charge is 0.290 e. The lowest BCUT2D eigenvalue weighted by Crippen LogP contribution is -2.42. The van der Waals surface area contributed by atoms with E-state index in [0.29, 0.717) is 16.3 Å². The predicted octanol–water partition coefficient (Wildman–Crippen LogP) is 2.88. The number of amides is 1. The fourth-order valence-corrected chi connectivity index (χ4v) is 2.21. The van der Waals surface area contributed by atoms with Gasteiger partial charge in [-0.3, -0.25) is 4.79 Å². The first-order valence-corrected chi connectivity index (χ1v) is 6.89. The van der Waals surface area contributed by atoms with Crippen LogP contribution in [0.15, 0.2) is 28.7 Å². The van der Waals surface area contributed by atoms with E-state index in [4.69, 9.17) is 22.4 Å². The largest absolute Gasteiger partial charge is 0.451 e. The van der Waals surface area contributed by atoms with E-state index in [0.717, 1.165) is 10.9 Å². The number of carbonyl (C=O) groups is 1. The molecule has 5 heteroatoms. The third-order valence-corrected chi connectivity index (χ3v) is 3.22. The molecule has 0 saturated heterocycles. The van der Waals surface area contributed by atoms with Gasteiger partial charge in [-0.05, 0) is 39.0 Å². The third kappa shape index (κ3) is 2.99. The van der Waals surface area contributed by atoms with Gasteiger partial charge in [-0.25, -0.2) is 0 Å². The Morgan fingerprint density at radius 1 is 1.40 bits per heavy atom. The number of benzene rings is 1. The van der Waals surface area contributed by atoms with Crippen LogP contribution in [0.2, 0.25) is 0 Å². The van der Waals surface area contributed by atoms with Gasteiger partial charge in [0, 0.05) is 11.4 Å². The van der Waals surface area contributed by atoms with Crippen LogP contribution < -0.4 is 5.73 Å². The second kappa shape index (κ2) is 5.63. The molecule has 0 unspecified atom stereocenters. The van der Waals surface area contributed by atoms with Gasteiger partial charge in [0.1, 0.15) is 5.58 Å². The Labute approximate surface area is 123 Å². The zero-order chi connectivity index (χ0) is 14.9. The summed E-state index contributed by atoms with van der Waals surface area (Å²) in [5.41, 5.74) is 7.38. The van der Waals surface area contributed by atoms with Gasteiger partial charge in [0.05, 0.1) is 11.5 Å². The standard InChI is InChI=1S/C15H18N2O2S/c1-9(2)17(8-14(16)20)15(18)13-7-11-6-10(3)4-5-12(11)19-13/h4-7,9H,8H2,1-3H3,(H2,16,20). The van der Waals surface area contributed by atoms with Crippen molar-refractivity contribution in [3.8, 4) is 0 Å². The molecule has 1 aromatic carbocycles. The van der Waals surface area contributed by atoms with Crippen molar-refractivity contribution in [2.45, 2.75) is 26.8 Å². The van der Waals surface area contributed by atoms with Crippen LogP contribution in [0.5, 0.6) is 0 Å². The highest BCUT2D eigenvalue weighted by Crippen LogP contribution is 2.22. The molecule has 1 aromatic heterocycles. The lowest BCUT2D eigenvalue weighted by molar-refractivity contribution is 0.0706. The molecule has 106 valence electrons. The fourth-order valence-electron chi connectivity index (χ4n) is 2.07. The van der Waals surface area contributed by atoms with Crippen LogP contribution in [0.3, 0.4) is 0 Å². The summed E-state index contributed by atoms with van der Waals surface area (Å²) >= 11 is 4.89. The lowest BCUT2D eigenvalue weighted by atomic mass is 10.2. The van der Waals surface area contributed by atoms with Gasteiger partial charge in [-0.2, -0.15) is 0 Å². The van der Waals surface area contributed by atoms with Crippen LogP contribution in [-0.4, -0.2) is 28.4 Å². The minimum absolute atomic E-state index is 0.000974. The number of nitrogens with zero attached hydrogens (tertiary/aromatic N) is 1. The second-order valence-electron chi connectivity index (χ2n) is 5.15. The normalized spacial score (nSPS) is 11.0. The number of thiocarbonyl (C=S) groups is 1. The van der Waals surface area contributed by atoms with Crippen molar-refractivity contribution in [2.24, 2.45) is 5.73 Å². The summed E-state index contributed by atoms with van der Waals surface area (Å²) in [6.07, 6.45) is 0. The van der Waals surface area contributed by atoms with E-state index in [1.54, 1.807) is 11.0 Å². The number of aryl methyl sites for hydroxylation is 1. The zero-order valence-electron chi connectivity index (χ0n) is 11.8. The highest BCUT2D eigenvalue weighted by atomic mass is 32.1. The van der Waals surface area contributed by atoms with Crippen LogP contribution in [-0.2, 0) is 0 Å². The Balaban J connectivity index is 2.35. The molecule has 0 fully saturated rings. The number of hydrogen-bond acceptors (Lipinski definition) is 3. The summed E-state index contributed by atoms with van der Waals surface area (Å²) in [5.74, 6) is 0.122. The van der Waals surface area contributed by atoms with Crippen molar-refractivity contribution in [3.05, 3.63) is 35.6 Å². The molecule has 20 heavy (non-hydrogen) atoms. The number of fused-ring (bicyclic) bond motifs is 1. The quantitative estimate of drug-likeness (QED) is 0.880. The second-order valence-corrected chi connectivity index (χ2v) is 5.67. The van der Waals surface area contributed by atoms with Crippen molar-refractivity contribution in [3.63, 3.8) is 0 Å². The van der Waals surface area contributed by atoms with Crippen molar-refractivity contribution in [2.75, 3.05) is 6.54 Å². The van der Waals surface area contributed by atoms with Gasteiger partial charge in [0.2, 0.25) is 0 Å². The van der Waals surface area contributed by atoms with Crippen LogP contribution in [0.25, 0.3) is 11.0 Å². The van der Waals surface area contributed by atoms with Gasteiger partial charge in [-0.1, -0.05) is 23.8 Å². The summed E-state index contributed by atoms with van der Waals surface area (Å²) in [6.45, 7) is 6.09. The Morgan fingerprint density at radius 3 is 2.70 bits per heavy atom. The van der Waals surface area contributed by atoms with Gasteiger partial charge in [0.15, 0.2) is 5.76 Å². The molecular weight excluding hydrogens is 272 g/mol. The van der Waals surface area contributed by atoms with Crippen molar-refractivity contribution in [1.29, 1.82) is 0 Å². The Bertz CT molecular complexity index is 661. The molecule has 1 heterocycles. The van der Waals surface area contributed by atoms with Crippen molar-refractivity contribution >= 4 is 34.1 Å². The van der Waals surface area contributed by atoms with Crippen LogP contribution in [0.1, 0.15) is 30.0 Å². The van der Waals surface area contributed by atoms with Crippen molar-refractivity contribution < 1.29 is 9.21 Å². The topological polar surface area (TPSA) is 59.5 Å². The molecule has 0 atom stereocenters. The molecule has 1 amide bonds. The van der Waals surface area contributed by atoms with E-state index in [1.165, 1.54) is 0 Å². The first-order valence-electron chi connectivity index (χ1n) is 6.48. The molecule has 2 N–H and O–H groups in total. The molecular formula is C15H18N2O2S. The van der Waals surface area contributed by atoms with Gasteiger partial charge in [-0.15, -0.1) is 0 Å². The van der Waals surface area contributed by atoms with Gasteiger partial charge >= 0.3 is 0 Å². The van der Waals surface area contributed by atoms with E-state index in [1.807, 2.05) is 39.0 Å². The molecule has 0 aliphatic rings. The summed E-state index contributed by atoms with van der Waals surface area (Å²) in [7, 11) is 0. The van der Waals surface area contributed by atoms with E-state index in [-0.39, 0.29) is 18.5 Å². The zero-order valence-corrected chi connectivity index (χ0v) is 12.7. The van der Waals surface area contributed by atoms with Crippen molar-refractivity contribution in [1.82, 2.24) is 4.90 Å². The summed E-state index contributed by atoms with van der Waals surface area (Å²) < 4.78 is 5.62. The van der Waals surface area contributed by atoms with E-state index in [2.05, 4.69) is 0 Å². The van der Waals surface area contributed by atoms with Gasteiger partial charge in [0.25, 0.3) is 5.91 Å². The highest BCUT2D eigenvalue weighted by molar-refractivity contribution is 7.80. The molecule has 0 radical (unpaired) electrons. The monoisotopic (exact) mass is 290 g/mol. The first kappa shape index (κ1) is 14.5. The van der Waals surface area contributed by atoms with Gasteiger partial charge < -0.3 is 15.1 Å². The highest BCUT2D eigenvalue weighted by Gasteiger charge is 2.22.